The van der Waals surface area contributed by atoms with Gasteiger partial charge in [0.1, 0.15) is 11.5 Å². The quantitative estimate of drug-likeness (QED) is 0.342. The highest BCUT2D eigenvalue weighted by Gasteiger charge is 2.38. The molecule has 2 aliphatic rings. The van der Waals surface area contributed by atoms with Gasteiger partial charge in [0.05, 0.1) is 12.0 Å². The van der Waals surface area contributed by atoms with Crippen LogP contribution in [0.5, 0.6) is 11.5 Å². The second-order valence-corrected chi connectivity index (χ2v) is 8.51. The van der Waals surface area contributed by atoms with E-state index < -0.39 is 0 Å². The Morgan fingerprint density at radius 1 is 1.13 bits per heavy atom. The van der Waals surface area contributed by atoms with Crippen molar-refractivity contribution in [1.29, 1.82) is 0 Å². The van der Waals surface area contributed by atoms with Gasteiger partial charge in [0.2, 0.25) is 5.78 Å². The molecule has 0 amide bonds. The van der Waals surface area contributed by atoms with Gasteiger partial charge in [-0.15, -0.1) is 0 Å². The van der Waals surface area contributed by atoms with E-state index in [1.165, 1.54) is 0 Å². The van der Waals surface area contributed by atoms with Crippen LogP contribution in [0.15, 0.2) is 48.4 Å². The lowest BCUT2D eigenvalue weighted by molar-refractivity contribution is -0.136. The van der Waals surface area contributed by atoms with E-state index >= 15 is 0 Å². The van der Waals surface area contributed by atoms with Gasteiger partial charge in [-0.3, -0.25) is 9.59 Å². The number of nitrogens with zero attached hydrogens (tertiary/aromatic N) is 1. The maximum atomic E-state index is 13.1. The number of ketones is 1. The molecule has 1 atom stereocenters. The summed E-state index contributed by atoms with van der Waals surface area (Å²) in [5.41, 5.74) is 3.40. The molecule has 0 bridgehead atoms. The van der Waals surface area contributed by atoms with Gasteiger partial charge in [-0.2, -0.15) is 0 Å². The summed E-state index contributed by atoms with van der Waals surface area (Å²) in [5, 5.41) is 1.06. The molecule has 0 saturated carbocycles. The number of aromatic nitrogens is 1. The van der Waals surface area contributed by atoms with Gasteiger partial charge in [0.15, 0.2) is 5.76 Å². The molecule has 3 aromatic rings. The molecule has 0 unspecified atom stereocenters. The summed E-state index contributed by atoms with van der Waals surface area (Å²) in [6, 6.07) is 11.5. The van der Waals surface area contributed by atoms with Crippen LogP contribution in [0, 0.1) is 5.92 Å². The predicted octanol–water partition coefficient (Wildman–Crippen LogP) is 5.23. The molecule has 0 N–H and O–H groups in total. The van der Waals surface area contributed by atoms with Crippen molar-refractivity contribution in [3.05, 3.63) is 65.0 Å². The Morgan fingerprint density at radius 3 is 2.73 bits per heavy atom. The summed E-state index contributed by atoms with van der Waals surface area (Å²) in [7, 11) is 1.98. The van der Waals surface area contributed by atoms with Crippen LogP contribution < -0.4 is 9.47 Å². The summed E-state index contributed by atoms with van der Waals surface area (Å²) >= 11 is 0. The summed E-state index contributed by atoms with van der Waals surface area (Å²) in [5.74, 6) is 1.38. The van der Waals surface area contributed by atoms with Crippen molar-refractivity contribution >= 4 is 28.7 Å². The van der Waals surface area contributed by atoms with Gasteiger partial charge in [-0.1, -0.05) is 32.0 Å². The normalized spacial score (nSPS) is 19.2. The van der Waals surface area contributed by atoms with Crippen molar-refractivity contribution in [1.82, 2.24) is 4.57 Å². The molecule has 2 aliphatic heterocycles. The van der Waals surface area contributed by atoms with Crippen molar-refractivity contribution in [2.24, 2.45) is 13.0 Å². The van der Waals surface area contributed by atoms with Crippen LogP contribution in [0.4, 0.5) is 0 Å². The first-order valence-corrected chi connectivity index (χ1v) is 10.3. The predicted molar refractivity (Wildman–Crippen MR) is 115 cm³/mol. The van der Waals surface area contributed by atoms with E-state index in [1.807, 2.05) is 48.2 Å². The molecule has 5 nitrogen and oxygen atoms in total. The molecule has 30 heavy (non-hydrogen) atoms. The maximum absolute atomic E-state index is 13.1. The number of hydrogen-bond donors (Lipinski definition) is 0. The number of Topliss-reactive ketones (excluding diaryl/α,β-unsaturated/α-hetero) is 1. The zero-order valence-corrected chi connectivity index (χ0v) is 17.3. The van der Waals surface area contributed by atoms with E-state index in [-0.39, 0.29) is 17.7 Å². The third-order valence-electron chi connectivity index (χ3n) is 5.85. The minimum absolute atomic E-state index is 0.0131. The molecular formula is C25H23NO4. The fourth-order valence-electron chi connectivity index (χ4n) is 4.60. The van der Waals surface area contributed by atoms with Crippen LogP contribution in [0.3, 0.4) is 0 Å². The van der Waals surface area contributed by atoms with E-state index in [1.54, 1.807) is 12.1 Å². The van der Waals surface area contributed by atoms with E-state index in [2.05, 4.69) is 13.8 Å². The highest BCUT2D eigenvalue weighted by Crippen LogP contribution is 2.48. The number of carbonyl (C=O) groups is 2. The number of esters is 1. The van der Waals surface area contributed by atoms with E-state index in [0.717, 1.165) is 28.5 Å². The van der Waals surface area contributed by atoms with Crippen molar-refractivity contribution in [2.75, 3.05) is 0 Å². The number of para-hydroxylation sites is 1. The zero-order valence-electron chi connectivity index (χ0n) is 17.3. The summed E-state index contributed by atoms with van der Waals surface area (Å²) in [4.78, 5) is 25.2. The first kappa shape index (κ1) is 18.7. The minimum Gasteiger partial charge on any atom is -0.452 e. The van der Waals surface area contributed by atoms with Gasteiger partial charge in [0.25, 0.3) is 0 Å². The molecule has 3 heterocycles. The van der Waals surface area contributed by atoms with Crippen LogP contribution in [-0.4, -0.2) is 16.3 Å². The molecule has 0 spiro atoms. The minimum atomic E-state index is -0.232. The van der Waals surface area contributed by atoms with Crippen LogP contribution in [0.25, 0.3) is 17.0 Å². The van der Waals surface area contributed by atoms with Gasteiger partial charge in [0, 0.05) is 41.2 Å². The first-order valence-electron chi connectivity index (χ1n) is 10.3. The second-order valence-electron chi connectivity index (χ2n) is 8.51. The zero-order chi connectivity index (χ0) is 21.0. The Hall–Kier alpha value is -3.34. The van der Waals surface area contributed by atoms with Crippen LogP contribution in [0.2, 0.25) is 0 Å². The average Bonchev–Trinajstić information content (AvgIpc) is 3.18. The summed E-state index contributed by atoms with van der Waals surface area (Å²) in [6.07, 6.45) is 4.94. The van der Waals surface area contributed by atoms with Crippen LogP contribution >= 0.6 is 0 Å². The summed E-state index contributed by atoms with van der Waals surface area (Å²) in [6.45, 7) is 4.25. The third-order valence-corrected chi connectivity index (χ3v) is 5.85. The van der Waals surface area contributed by atoms with Crippen LogP contribution in [0.1, 0.15) is 54.1 Å². The third kappa shape index (κ3) is 2.93. The average molecular weight is 401 g/mol. The molecule has 0 fully saturated rings. The highest BCUT2D eigenvalue weighted by molar-refractivity contribution is 6.15. The fourth-order valence-corrected chi connectivity index (χ4v) is 4.60. The lowest BCUT2D eigenvalue weighted by atomic mass is 9.84. The number of allylic oxidation sites excluding steroid dienone is 1. The van der Waals surface area contributed by atoms with Gasteiger partial charge < -0.3 is 14.0 Å². The van der Waals surface area contributed by atoms with Crippen molar-refractivity contribution in [2.45, 2.75) is 32.6 Å². The molecule has 5 rings (SSSR count). The second kappa shape index (κ2) is 6.87. The Morgan fingerprint density at radius 2 is 1.93 bits per heavy atom. The molecule has 0 saturated heterocycles. The maximum Gasteiger partial charge on any atom is 0.311 e. The van der Waals surface area contributed by atoms with E-state index in [9.17, 15) is 9.59 Å². The Labute approximate surface area is 174 Å². The Kier molecular flexibility index (Phi) is 4.28. The number of carbonyl (C=O) groups excluding carboxylic acids is 2. The fraction of sp³-hybridized carbons (Fsp3) is 0.280. The highest BCUT2D eigenvalue weighted by atomic mass is 16.5. The smallest absolute Gasteiger partial charge is 0.311 e. The van der Waals surface area contributed by atoms with Crippen molar-refractivity contribution in [3.8, 4) is 11.5 Å². The van der Waals surface area contributed by atoms with E-state index in [4.69, 9.17) is 9.47 Å². The Balaban J connectivity index is 1.59. The summed E-state index contributed by atoms with van der Waals surface area (Å²) < 4.78 is 13.6. The number of benzene rings is 2. The lowest BCUT2D eigenvalue weighted by Crippen LogP contribution is -2.21. The molecule has 2 aromatic carbocycles. The lowest BCUT2D eigenvalue weighted by Gasteiger charge is -2.27. The molecule has 0 aliphatic carbocycles. The van der Waals surface area contributed by atoms with Crippen molar-refractivity contribution < 1.29 is 19.1 Å². The van der Waals surface area contributed by atoms with Gasteiger partial charge in [-0.25, -0.2) is 0 Å². The first-order chi connectivity index (χ1) is 14.4. The largest absolute Gasteiger partial charge is 0.452 e. The standard InChI is InChI=1S/C25H23NO4/c1-14(2)10-15-12-22(27)29-20-9-8-18-24(28)21(30-25(18)23(15)20)11-16-13-26(3)19-7-5-4-6-17(16)19/h4-9,11,13-15H,10,12H2,1-3H3/b21-11-/t15-/m0/s1. The number of ether oxygens (including phenoxy) is 2. The van der Waals surface area contributed by atoms with Crippen LogP contribution in [-0.2, 0) is 11.8 Å². The number of aryl methyl sites for hydroxylation is 1. The molecule has 0 radical (unpaired) electrons. The number of fused-ring (bicyclic) bond motifs is 4. The molecule has 152 valence electrons. The monoisotopic (exact) mass is 401 g/mol. The molecule has 1 aromatic heterocycles. The van der Waals surface area contributed by atoms with Crippen molar-refractivity contribution in [3.63, 3.8) is 0 Å². The Bertz CT molecular complexity index is 1230. The number of rotatable bonds is 3. The molecular weight excluding hydrogens is 378 g/mol. The number of hydrogen-bond acceptors (Lipinski definition) is 4. The van der Waals surface area contributed by atoms with E-state index in [0.29, 0.717) is 35.2 Å². The van der Waals surface area contributed by atoms with Gasteiger partial charge in [-0.05, 0) is 36.6 Å². The topological polar surface area (TPSA) is 57.5 Å². The SMILES string of the molecule is CC(C)C[C@H]1CC(=O)Oc2ccc3c(c21)O/C(=C\c1cn(C)c2ccccc12)C3=O. The molecule has 5 heteroatoms. The van der Waals surface area contributed by atoms with Gasteiger partial charge >= 0.3 is 5.97 Å².